The first-order valence-corrected chi connectivity index (χ1v) is 6.96. The summed E-state index contributed by atoms with van der Waals surface area (Å²) >= 11 is 0. The van der Waals surface area contributed by atoms with Crippen molar-refractivity contribution >= 4 is 11.8 Å². The molecule has 0 radical (unpaired) electrons. The molecule has 0 aliphatic carbocycles. The SMILES string of the molecule is CN(C)C(CNC(=O)CNC(=O)C(C)(C)C)c1ccco1. The first-order valence-electron chi connectivity index (χ1n) is 6.96. The van der Waals surface area contributed by atoms with E-state index in [1.54, 1.807) is 27.0 Å². The normalized spacial score (nSPS) is 13.0. The van der Waals surface area contributed by atoms with Crippen LogP contribution in [-0.4, -0.2) is 43.9 Å². The van der Waals surface area contributed by atoms with Crippen LogP contribution in [-0.2, 0) is 9.59 Å². The van der Waals surface area contributed by atoms with E-state index < -0.39 is 5.41 Å². The number of rotatable bonds is 6. The van der Waals surface area contributed by atoms with Gasteiger partial charge in [-0.15, -0.1) is 0 Å². The van der Waals surface area contributed by atoms with Crippen LogP contribution in [0.2, 0.25) is 0 Å². The molecule has 1 aromatic heterocycles. The van der Waals surface area contributed by atoms with E-state index in [4.69, 9.17) is 4.42 Å². The quantitative estimate of drug-likeness (QED) is 0.826. The van der Waals surface area contributed by atoms with Gasteiger partial charge in [-0.1, -0.05) is 20.8 Å². The van der Waals surface area contributed by atoms with Gasteiger partial charge in [-0.25, -0.2) is 0 Å². The standard InChI is InChI=1S/C15H25N3O3/c1-15(2,3)14(20)17-10-13(19)16-9-11(18(4)5)12-7-6-8-21-12/h6-8,11H,9-10H2,1-5H3,(H,16,19)(H,17,20). The second kappa shape index (κ2) is 7.26. The number of carbonyl (C=O) groups is 2. The summed E-state index contributed by atoms with van der Waals surface area (Å²) in [7, 11) is 3.83. The van der Waals surface area contributed by atoms with Crippen LogP contribution < -0.4 is 10.6 Å². The number of hydrogen-bond acceptors (Lipinski definition) is 4. The molecular weight excluding hydrogens is 270 g/mol. The highest BCUT2D eigenvalue weighted by Crippen LogP contribution is 2.17. The van der Waals surface area contributed by atoms with Crippen molar-refractivity contribution in [3.8, 4) is 0 Å². The average molecular weight is 295 g/mol. The Kier molecular flexibility index (Phi) is 5.96. The number of nitrogens with zero attached hydrogens (tertiary/aromatic N) is 1. The maximum atomic E-state index is 11.8. The highest BCUT2D eigenvalue weighted by Gasteiger charge is 2.22. The van der Waals surface area contributed by atoms with Crippen molar-refractivity contribution in [3.05, 3.63) is 24.2 Å². The van der Waals surface area contributed by atoms with E-state index in [9.17, 15) is 9.59 Å². The van der Waals surface area contributed by atoms with Crippen molar-refractivity contribution in [3.63, 3.8) is 0 Å². The second-order valence-corrected chi connectivity index (χ2v) is 6.23. The lowest BCUT2D eigenvalue weighted by Crippen LogP contribution is -2.43. The van der Waals surface area contributed by atoms with Crippen LogP contribution in [0.5, 0.6) is 0 Å². The zero-order valence-electron chi connectivity index (χ0n) is 13.4. The number of hydrogen-bond donors (Lipinski definition) is 2. The first kappa shape index (κ1) is 17.2. The Morgan fingerprint density at radius 2 is 1.95 bits per heavy atom. The van der Waals surface area contributed by atoms with Crippen molar-refractivity contribution in [1.29, 1.82) is 0 Å². The van der Waals surface area contributed by atoms with Gasteiger partial charge in [-0.2, -0.15) is 0 Å². The molecule has 0 fully saturated rings. The lowest BCUT2D eigenvalue weighted by atomic mass is 9.96. The molecule has 6 heteroatoms. The van der Waals surface area contributed by atoms with E-state index in [0.29, 0.717) is 6.54 Å². The van der Waals surface area contributed by atoms with Gasteiger partial charge in [-0.3, -0.25) is 14.5 Å². The molecule has 0 saturated heterocycles. The average Bonchev–Trinajstić information content (AvgIpc) is 2.88. The Morgan fingerprint density at radius 3 is 2.43 bits per heavy atom. The van der Waals surface area contributed by atoms with E-state index >= 15 is 0 Å². The number of amides is 2. The molecule has 118 valence electrons. The fraction of sp³-hybridized carbons (Fsp3) is 0.600. The Balaban J connectivity index is 2.43. The molecule has 0 aliphatic heterocycles. The molecular formula is C15H25N3O3. The van der Waals surface area contributed by atoms with E-state index in [2.05, 4.69) is 10.6 Å². The van der Waals surface area contributed by atoms with Gasteiger partial charge < -0.3 is 15.1 Å². The summed E-state index contributed by atoms with van der Waals surface area (Å²) in [6, 6.07) is 3.65. The molecule has 1 atom stereocenters. The molecule has 1 heterocycles. The van der Waals surface area contributed by atoms with Crippen LogP contribution in [0.3, 0.4) is 0 Å². The van der Waals surface area contributed by atoms with Crippen LogP contribution in [0.4, 0.5) is 0 Å². The minimum atomic E-state index is -0.499. The molecule has 0 spiro atoms. The molecule has 0 bridgehead atoms. The Labute approximate surface area is 125 Å². The van der Waals surface area contributed by atoms with Crippen molar-refractivity contribution < 1.29 is 14.0 Å². The fourth-order valence-electron chi connectivity index (χ4n) is 1.72. The Morgan fingerprint density at radius 1 is 1.29 bits per heavy atom. The van der Waals surface area contributed by atoms with E-state index in [0.717, 1.165) is 5.76 Å². The van der Waals surface area contributed by atoms with Crippen molar-refractivity contribution in [2.24, 2.45) is 5.41 Å². The minimum Gasteiger partial charge on any atom is -0.468 e. The summed E-state index contributed by atoms with van der Waals surface area (Å²) in [5.74, 6) is 0.429. The van der Waals surface area contributed by atoms with Crippen molar-refractivity contribution in [2.75, 3.05) is 27.2 Å². The highest BCUT2D eigenvalue weighted by atomic mass is 16.3. The first-order chi connectivity index (χ1) is 9.71. The Bertz CT molecular complexity index is 461. The maximum Gasteiger partial charge on any atom is 0.239 e. The zero-order valence-corrected chi connectivity index (χ0v) is 13.4. The molecule has 0 aliphatic rings. The van der Waals surface area contributed by atoms with Crippen LogP contribution in [0.1, 0.15) is 32.6 Å². The van der Waals surface area contributed by atoms with Crippen LogP contribution in [0, 0.1) is 5.41 Å². The van der Waals surface area contributed by atoms with E-state index in [-0.39, 0.29) is 24.4 Å². The summed E-state index contributed by atoms with van der Waals surface area (Å²) in [5.41, 5.74) is -0.499. The van der Waals surface area contributed by atoms with Crippen LogP contribution in [0.25, 0.3) is 0 Å². The van der Waals surface area contributed by atoms with Gasteiger partial charge in [0.2, 0.25) is 11.8 Å². The van der Waals surface area contributed by atoms with E-state index in [1.807, 2.05) is 31.1 Å². The molecule has 2 N–H and O–H groups in total. The topological polar surface area (TPSA) is 74.6 Å². The predicted molar refractivity (Wildman–Crippen MR) is 80.6 cm³/mol. The molecule has 1 aromatic rings. The summed E-state index contributed by atoms with van der Waals surface area (Å²) in [4.78, 5) is 25.4. The zero-order chi connectivity index (χ0) is 16.0. The third-order valence-electron chi connectivity index (χ3n) is 3.08. The monoisotopic (exact) mass is 295 g/mol. The highest BCUT2D eigenvalue weighted by molar-refractivity contribution is 5.87. The number of nitrogens with one attached hydrogen (secondary N) is 2. The molecule has 2 amide bonds. The van der Waals surface area contributed by atoms with Gasteiger partial charge in [0.25, 0.3) is 0 Å². The fourth-order valence-corrected chi connectivity index (χ4v) is 1.72. The predicted octanol–water partition coefficient (Wildman–Crippen LogP) is 1.16. The summed E-state index contributed by atoms with van der Waals surface area (Å²) in [6.07, 6.45) is 1.61. The van der Waals surface area contributed by atoms with Gasteiger partial charge in [0.15, 0.2) is 0 Å². The summed E-state index contributed by atoms with van der Waals surface area (Å²) in [6.45, 7) is 5.82. The number of carbonyl (C=O) groups excluding carboxylic acids is 2. The summed E-state index contributed by atoms with van der Waals surface area (Å²) in [5, 5.41) is 5.43. The largest absolute Gasteiger partial charge is 0.468 e. The summed E-state index contributed by atoms with van der Waals surface area (Å²) < 4.78 is 5.37. The maximum absolute atomic E-state index is 11.8. The third-order valence-corrected chi connectivity index (χ3v) is 3.08. The van der Waals surface area contributed by atoms with Crippen molar-refractivity contribution in [1.82, 2.24) is 15.5 Å². The molecule has 1 unspecified atom stereocenters. The van der Waals surface area contributed by atoms with Crippen molar-refractivity contribution in [2.45, 2.75) is 26.8 Å². The van der Waals surface area contributed by atoms with Gasteiger partial charge in [0, 0.05) is 12.0 Å². The minimum absolute atomic E-state index is 0.0194. The number of likely N-dealkylation sites (N-methyl/N-ethyl adjacent to an activating group) is 1. The molecule has 21 heavy (non-hydrogen) atoms. The molecule has 0 saturated carbocycles. The van der Waals surface area contributed by atoms with Gasteiger partial charge in [0.05, 0.1) is 18.8 Å². The van der Waals surface area contributed by atoms with Crippen LogP contribution in [0.15, 0.2) is 22.8 Å². The Hall–Kier alpha value is -1.82. The third kappa shape index (κ3) is 5.59. The smallest absolute Gasteiger partial charge is 0.239 e. The van der Waals surface area contributed by atoms with Crippen LogP contribution >= 0.6 is 0 Å². The number of furan rings is 1. The second-order valence-electron chi connectivity index (χ2n) is 6.23. The molecule has 1 rings (SSSR count). The molecule has 6 nitrogen and oxygen atoms in total. The molecule has 0 aromatic carbocycles. The lowest BCUT2D eigenvalue weighted by molar-refractivity contribution is -0.131. The van der Waals surface area contributed by atoms with Gasteiger partial charge in [0.1, 0.15) is 5.76 Å². The van der Waals surface area contributed by atoms with E-state index in [1.165, 1.54) is 0 Å². The van der Waals surface area contributed by atoms with Gasteiger partial charge >= 0.3 is 0 Å². The van der Waals surface area contributed by atoms with Gasteiger partial charge in [-0.05, 0) is 26.2 Å². The lowest BCUT2D eigenvalue weighted by Gasteiger charge is -2.23.